The molecular weight excluding hydrogens is 413 g/mol. The number of fused-ring (bicyclic) bond motifs is 1. The standard InChI is InChI=1S/C23H15F3O5/c1-2-5-14-16(27)11-18-20(21(14)28)22(29)19(31-18)10-12-8-9-17(30-12)13-6-3-4-7-15(13)23(24,25)26/h2-4,6-11,27-28H,1,5H2/b19-10-. The summed E-state index contributed by atoms with van der Waals surface area (Å²) in [5.41, 5.74) is -0.969. The van der Waals surface area contributed by atoms with E-state index in [4.69, 9.17) is 9.15 Å². The summed E-state index contributed by atoms with van der Waals surface area (Å²) in [5.74, 6) is -1.50. The quantitative estimate of drug-likeness (QED) is 0.410. The monoisotopic (exact) mass is 428 g/mol. The Kier molecular flexibility index (Phi) is 4.85. The SMILES string of the molecule is C=CCc1c(O)cc2c(c1O)C(=O)/C(=C/c1ccc(-c3ccccc3C(F)(F)F)o1)O2. The molecule has 0 saturated carbocycles. The third-order valence-corrected chi connectivity index (χ3v) is 4.76. The molecule has 2 heterocycles. The molecule has 0 saturated heterocycles. The van der Waals surface area contributed by atoms with E-state index in [-0.39, 0.29) is 51.9 Å². The van der Waals surface area contributed by atoms with E-state index in [1.807, 2.05) is 0 Å². The van der Waals surface area contributed by atoms with Gasteiger partial charge in [-0.25, -0.2) is 0 Å². The molecule has 0 unspecified atom stereocenters. The number of furan rings is 1. The van der Waals surface area contributed by atoms with E-state index in [9.17, 15) is 28.2 Å². The van der Waals surface area contributed by atoms with Crippen molar-refractivity contribution < 1.29 is 37.3 Å². The van der Waals surface area contributed by atoms with Crippen LogP contribution >= 0.6 is 0 Å². The molecule has 0 atom stereocenters. The highest BCUT2D eigenvalue weighted by Crippen LogP contribution is 2.44. The number of carbonyl (C=O) groups excluding carboxylic acids is 1. The Morgan fingerprint density at radius 2 is 1.84 bits per heavy atom. The maximum absolute atomic E-state index is 13.3. The van der Waals surface area contributed by atoms with Crippen molar-refractivity contribution in [3.63, 3.8) is 0 Å². The van der Waals surface area contributed by atoms with Crippen molar-refractivity contribution in [2.45, 2.75) is 12.6 Å². The zero-order valence-corrected chi connectivity index (χ0v) is 15.9. The number of allylic oxidation sites excluding steroid dienone is 2. The maximum atomic E-state index is 13.3. The van der Waals surface area contributed by atoms with Gasteiger partial charge in [-0.1, -0.05) is 24.3 Å². The van der Waals surface area contributed by atoms with Gasteiger partial charge in [-0.15, -0.1) is 6.58 Å². The zero-order chi connectivity index (χ0) is 22.3. The van der Waals surface area contributed by atoms with Gasteiger partial charge in [0.25, 0.3) is 0 Å². The Balaban J connectivity index is 1.69. The third-order valence-electron chi connectivity index (χ3n) is 4.76. The molecule has 0 amide bonds. The molecule has 5 nitrogen and oxygen atoms in total. The lowest BCUT2D eigenvalue weighted by Gasteiger charge is -2.10. The molecule has 0 spiro atoms. The first-order valence-electron chi connectivity index (χ1n) is 9.10. The zero-order valence-electron chi connectivity index (χ0n) is 15.9. The van der Waals surface area contributed by atoms with Crippen LogP contribution in [0, 0.1) is 0 Å². The van der Waals surface area contributed by atoms with Gasteiger partial charge < -0.3 is 19.4 Å². The smallest absolute Gasteiger partial charge is 0.417 e. The highest BCUT2D eigenvalue weighted by atomic mass is 19.4. The summed E-state index contributed by atoms with van der Waals surface area (Å²) in [6.45, 7) is 3.54. The number of carbonyl (C=O) groups is 1. The van der Waals surface area contributed by atoms with Gasteiger partial charge >= 0.3 is 6.18 Å². The van der Waals surface area contributed by atoms with E-state index in [0.29, 0.717) is 0 Å². The number of Topliss-reactive ketones (excluding diaryl/α,β-unsaturated/α-hetero) is 1. The lowest BCUT2D eigenvalue weighted by Crippen LogP contribution is -2.06. The summed E-state index contributed by atoms with van der Waals surface area (Å²) in [6.07, 6.45) is -1.75. The molecule has 4 rings (SSSR count). The van der Waals surface area contributed by atoms with Gasteiger partial charge in [0.15, 0.2) is 5.76 Å². The Morgan fingerprint density at radius 3 is 2.55 bits per heavy atom. The predicted molar refractivity (Wildman–Crippen MR) is 106 cm³/mol. The lowest BCUT2D eigenvalue weighted by atomic mass is 10.0. The number of phenolic OH excluding ortho intramolecular Hbond substituents is 2. The summed E-state index contributed by atoms with van der Waals surface area (Å²) in [4.78, 5) is 12.7. The topological polar surface area (TPSA) is 79.9 Å². The fourth-order valence-corrected chi connectivity index (χ4v) is 3.35. The first kappa shape index (κ1) is 20.3. The molecule has 1 aliphatic rings. The van der Waals surface area contributed by atoms with Crippen LogP contribution in [-0.2, 0) is 12.6 Å². The first-order chi connectivity index (χ1) is 14.7. The highest BCUT2D eigenvalue weighted by Gasteiger charge is 2.35. The minimum atomic E-state index is -4.56. The van der Waals surface area contributed by atoms with Gasteiger partial charge in [0, 0.05) is 23.3 Å². The van der Waals surface area contributed by atoms with Gasteiger partial charge in [-0.3, -0.25) is 4.79 Å². The summed E-state index contributed by atoms with van der Waals surface area (Å²) >= 11 is 0. The van der Waals surface area contributed by atoms with Gasteiger partial charge in [-0.2, -0.15) is 13.2 Å². The molecule has 3 aromatic rings. The van der Waals surface area contributed by atoms with Gasteiger partial charge in [0.2, 0.25) is 5.78 Å². The summed E-state index contributed by atoms with van der Waals surface area (Å²) in [5, 5.41) is 20.4. The molecule has 1 aromatic heterocycles. The molecule has 2 aromatic carbocycles. The van der Waals surface area contributed by atoms with Crippen molar-refractivity contribution in [3.8, 4) is 28.6 Å². The van der Waals surface area contributed by atoms with E-state index >= 15 is 0 Å². The number of rotatable bonds is 4. The molecule has 2 N–H and O–H groups in total. The summed E-state index contributed by atoms with van der Waals surface area (Å²) in [6, 6.07) is 8.94. The number of phenols is 2. The number of ether oxygens (including phenoxy) is 1. The van der Waals surface area contributed by atoms with Crippen molar-refractivity contribution in [1.29, 1.82) is 0 Å². The molecular formula is C23H15F3O5. The molecule has 0 aliphatic carbocycles. The van der Waals surface area contributed by atoms with E-state index in [0.717, 1.165) is 6.07 Å². The second-order valence-electron chi connectivity index (χ2n) is 6.77. The fourth-order valence-electron chi connectivity index (χ4n) is 3.35. The molecule has 0 fully saturated rings. The Bertz CT molecular complexity index is 1230. The lowest BCUT2D eigenvalue weighted by molar-refractivity contribution is -0.137. The van der Waals surface area contributed by atoms with Gasteiger partial charge in [0.05, 0.1) is 5.56 Å². The normalized spacial score (nSPS) is 14.5. The minimum absolute atomic E-state index is 0.0310. The third kappa shape index (κ3) is 3.56. The van der Waals surface area contributed by atoms with Gasteiger partial charge in [-0.05, 0) is 24.6 Å². The van der Waals surface area contributed by atoms with Crippen molar-refractivity contribution in [1.82, 2.24) is 0 Å². The second-order valence-corrected chi connectivity index (χ2v) is 6.77. The van der Waals surface area contributed by atoms with Crippen LogP contribution in [0.15, 0.2) is 65.3 Å². The van der Waals surface area contributed by atoms with Gasteiger partial charge in [0.1, 0.15) is 34.3 Å². The van der Waals surface area contributed by atoms with Crippen LogP contribution in [0.2, 0.25) is 0 Å². The molecule has 158 valence electrons. The molecule has 8 heteroatoms. The van der Waals surface area contributed by atoms with Crippen LogP contribution in [0.25, 0.3) is 17.4 Å². The van der Waals surface area contributed by atoms with Crippen molar-refractivity contribution in [2.24, 2.45) is 0 Å². The molecule has 1 aliphatic heterocycles. The summed E-state index contributed by atoms with van der Waals surface area (Å²) in [7, 11) is 0. The van der Waals surface area contributed by atoms with Crippen molar-refractivity contribution in [2.75, 3.05) is 0 Å². The van der Waals surface area contributed by atoms with Crippen LogP contribution in [0.1, 0.15) is 27.2 Å². The fraction of sp³-hybridized carbons (Fsp3) is 0.0870. The number of aromatic hydroxyl groups is 2. The number of halogens is 3. The first-order valence-corrected chi connectivity index (χ1v) is 9.10. The van der Waals surface area contributed by atoms with Crippen LogP contribution in [0.4, 0.5) is 13.2 Å². The molecule has 31 heavy (non-hydrogen) atoms. The van der Waals surface area contributed by atoms with Crippen LogP contribution in [0.5, 0.6) is 17.2 Å². The van der Waals surface area contributed by atoms with E-state index in [1.54, 1.807) is 0 Å². The molecule has 0 bridgehead atoms. The van der Waals surface area contributed by atoms with Crippen LogP contribution in [0.3, 0.4) is 0 Å². The average Bonchev–Trinajstić information content (AvgIpc) is 3.29. The largest absolute Gasteiger partial charge is 0.507 e. The summed E-state index contributed by atoms with van der Waals surface area (Å²) < 4.78 is 50.7. The second kappa shape index (κ2) is 7.39. The Hall–Kier alpha value is -3.94. The minimum Gasteiger partial charge on any atom is -0.507 e. The van der Waals surface area contributed by atoms with E-state index in [1.165, 1.54) is 48.6 Å². The van der Waals surface area contributed by atoms with Crippen LogP contribution < -0.4 is 4.74 Å². The maximum Gasteiger partial charge on any atom is 0.417 e. The Morgan fingerprint density at radius 1 is 1.10 bits per heavy atom. The van der Waals surface area contributed by atoms with Crippen molar-refractivity contribution in [3.05, 3.63) is 83.3 Å². The number of benzene rings is 2. The highest BCUT2D eigenvalue weighted by molar-refractivity contribution is 6.16. The van der Waals surface area contributed by atoms with E-state index < -0.39 is 23.3 Å². The average molecular weight is 428 g/mol. The van der Waals surface area contributed by atoms with E-state index in [2.05, 4.69) is 6.58 Å². The molecule has 0 radical (unpaired) electrons. The number of alkyl halides is 3. The predicted octanol–water partition coefficient (Wildman–Crippen LogP) is 5.72. The number of hydrogen-bond donors (Lipinski definition) is 2. The van der Waals surface area contributed by atoms with Crippen molar-refractivity contribution >= 4 is 11.9 Å². The Labute approximate surface area is 174 Å². The number of ketones is 1. The van der Waals surface area contributed by atoms with Crippen LogP contribution in [-0.4, -0.2) is 16.0 Å². The number of hydrogen-bond acceptors (Lipinski definition) is 5.